The second-order valence-corrected chi connectivity index (χ2v) is 7.36. The Morgan fingerprint density at radius 1 is 1.13 bits per heavy atom. The number of pyridine rings is 1. The van der Waals surface area contributed by atoms with Gasteiger partial charge in [0.25, 0.3) is 5.91 Å². The van der Waals surface area contributed by atoms with Crippen LogP contribution in [0.1, 0.15) is 34.3 Å². The third kappa shape index (κ3) is 4.50. The van der Waals surface area contributed by atoms with Crippen LogP contribution in [-0.2, 0) is 12.7 Å². The quantitative estimate of drug-likeness (QED) is 0.775. The lowest BCUT2D eigenvalue weighted by atomic mass is 10.2. The fraction of sp³-hybridized carbons (Fsp3) is 0.421. The summed E-state index contributed by atoms with van der Waals surface area (Å²) in [5, 5.41) is 2.51. The van der Waals surface area contributed by atoms with Crippen molar-refractivity contribution in [3.05, 3.63) is 47.5 Å². The summed E-state index contributed by atoms with van der Waals surface area (Å²) in [4.78, 5) is 39.8. The Kier molecular flexibility index (Phi) is 5.27. The maximum absolute atomic E-state index is 12.7. The normalized spacial score (nSPS) is 16.8. The summed E-state index contributed by atoms with van der Waals surface area (Å²) in [6.07, 6.45) is 2.43. The van der Waals surface area contributed by atoms with Crippen molar-refractivity contribution >= 4 is 17.9 Å². The fourth-order valence-corrected chi connectivity index (χ4v) is 3.13. The van der Waals surface area contributed by atoms with Crippen LogP contribution in [0.5, 0.6) is 0 Å². The molecule has 0 aromatic carbocycles. The first-order valence-electron chi connectivity index (χ1n) is 9.49. The van der Waals surface area contributed by atoms with E-state index >= 15 is 0 Å². The summed E-state index contributed by atoms with van der Waals surface area (Å²) in [5.74, 6) is 0.200. The highest BCUT2D eigenvalue weighted by atomic mass is 19.4. The summed E-state index contributed by atoms with van der Waals surface area (Å²) in [5.41, 5.74) is -0.636. The SMILES string of the molecule is O=C(NCc1cnc(N2CCN(CC3CC3)C2=O)nc1)c1cncc(C(F)(F)F)c1. The zero-order chi connectivity index (χ0) is 21.3. The zero-order valence-corrected chi connectivity index (χ0v) is 15.9. The van der Waals surface area contributed by atoms with Gasteiger partial charge in [0.05, 0.1) is 11.1 Å². The van der Waals surface area contributed by atoms with Crippen molar-refractivity contribution in [1.82, 2.24) is 25.2 Å². The van der Waals surface area contributed by atoms with E-state index in [-0.39, 0.29) is 24.1 Å². The molecule has 3 amide bonds. The number of nitrogens with zero attached hydrogens (tertiary/aromatic N) is 5. The van der Waals surface area contributed by atoms with E-state index in [2.05, 4.69) is 20.3 Å². The molecule has 1 saturated carbocycles. The van der Waals surface area contributed by atoms with Gasteiger partial charge in [0.1, 0.15) is 0 Å². The molecule has 0 atom stereocenters. The van der Waals surface area contributed by atoms with Crippen molar-refractivity contribution in [2.75, 3.05) is 24.5 Å². The van der Waals surface area contributed by atoms with Crippen LogP contribution in [0.4, 0.5) is 23.9 Å². The first-order chi connectivity index (χ1) is 14.3. The molecule has 11 heteroatoms. The average molecular weight is 420 g/mol. The lowest BCUT2D eigenvalue weighted by Crippen LogP contribution is -2.34. The van der Waals surface area contributed by atoms with Gasteiger partial charge >= 0.3 is 12.2 Å². The van der Waals surface area contributed by atoms with Gasteiger partial charge in [0, 0.05) is 56.5 Å². The maximum atomic E-state index is 12.7. The van der Waals surface area contributed by atoms with Gasteiger partial charge in [0.2, 0.25) is 5.95 Å². The molecule has 2 aliphatic rings. The Morgan fingerprint density at radius 2 is 1.87 bits per heavy atom. The predicted octanol–water partition coefficient (Wildman–Crippen LogP) is 2.47. The number of alkyl halides is 3. The lowest BCUT2D eigenvalue weighted by molar-refractivity contribution is -0.137. The number of hydrogen-bond donors (Lipinski definition) is 1. The molecule has 2 fully saturated rings. The van der Waals surface area contributed by atoms with Crippen LogP contribution in [0, 0.1) is 5.92 Å². The van der Waals surface area contributed by atoms with E-state index in [1.807, 2.05) is 0 Å². The highest BCUT2D eigenvalue weighted by Gasteiger charge is 2.35. The number of nitrogens with one attached hydrogen (secondary N) is 1. The molecule has 1 aliphatic carbocycles. The van der Waals surface area contributed by atoms with Gasteiger partial charge in [-0.15, -0.1) is 0 Å². The molecule has 0 unspecified atom stereocenters. The summed E-state index contributed by atoms with van der Waals surface area (Å²) in [7, 11) is 0. The Hall–Kier alpha value is -3.24. The van der Waals surface area contributed by atoms with E-state index in [4.69, 9.17) is 0 Å². The number of anilines is 1. The molecule has 3 heterocycles. The summed E-state index contributed by atoms with van der Waals surface area (Å²) in [6, 6.07) is 0.633. The van der Waals surface area contributed by atoms with E-state index in [9.17, 15) is 22.8 Å². The number of rotatable bonds is 6. The number of urea groups is 1. The van der Waals surface area contributed by atoms with Crippen LogP contribution in [0.15, 0.2) is 30.9 Å². The minimum Gasteiger partial charge on any atom is -0.348 e. The second kappa shape index (κ2) is 7.88. The van der Waals surface area contributed by atoms with Crippen LogP contribution in [0.3, 0.4) is 0 Å². The van der Waals surface area contributed by atoms with Crippen LogP contribution >= 0.6 is 0 Å². The number of amides is 3. The van der Waals surface area contributed by atoms with Gasteiger partial charge in [-0.25, -0.2) is 14.8 Å². The number of halogens is 3. The Labute approximate surface area is 170 Å². The number of aromatic nitrogens is 3. The zero-order valence-electron chi connectivity index (χ0n) is 15.9. The van der Waals surface area contributed by atoms with Crippen molar-refractivity contribution < 1.29 is 22.8 Å². The minimum absolute atomic E-state index is 0.0249. The molecule has 0 bridgehead atoms. The number of hydrogen-bond acceptors (Lipinski definition) is 5. The Morgan fingerprint density at radius 3 is 2.53 bits per heavy atom. The average Bonchev–Trinajstić information content (AvgIpc) is 3.48. The Bertz CT molecular complexity index is 946. The van der Waals surface area contributed by atoms with Crippen LogP contribution in [0.25, 0.3) is 0 Å². The van der Waals surface area contributed by atoms with Crippen molar-refractivity contribution in [2.45, 2.75) is 25.6 Å². The summed E-state index contributed by atoms with van der Waals surface area (Å²) >= 11 is 0. The van der Waals surface area contributed by atoms with E-state index < -0.39 is 17.6 Å². The summed E-state index contributed by atoms with van der Waals surface area (Å²) < 4.78 is 38.2. The van der Waals surface area contributed by atoms with Gasteiger partial charge in [-0.1, -0.05) is 0 Å². The fourth-order valence-electron chi connectivity index (χ4n) is 3.13. The van der Waals surface area contributed by atoms with Gasteiger partial charge in [-0.3, -0.25) is 14.7 Å². The smallest absolute Gasteiger partial charge is 0.348 e. The van der Waals surface area contributed by atoms with Gasteiger partial charge in [-0.05, 0) is 24.8 Å². The largest absolute Gasteiger partial charge is 0.417 e. The van der Waals surface area contributed by atoms with E-state index in [0.717, 1.165) is 31.6 Å². The number of carbonyl (C=O) groups is 2. The monoisotopic (exact) mass is 420 g/mol. The van der Waals surface area contributed by atoms with Gasteiger partial charge in [-0.2, -0.15) is 13.2 Å². The standard InChI is InChI=1S/C19H19F3N6O2/c20-19(21,22)15-5-14(9-23-10-15)16(29)24-6-13-7-25-17(26-8-13)28-4-3-27(18(28)30)11-12-1-2-12/h5,7-10,12H,1-4,6,11H2,(H,24,29). The lowest BCUT2D eigenvalue weighted by Gasteiger charge is -2.17. The molecule has 8 nitrogen and oxygen atoms in total. The molecule has 2 aromatic heterocycles. The molecular weight excluding hydrogens is 401 g/mol. The van der Waals surface area contributed by atoms with Crippen molar-refractivity contribution in [3.8, 4) is 0 Å². The molecule has 1 N–H and O–H groups in total. The van der Waals surface area contributed by atoms with Crippen LogP contribution < -0.4 is 10.2 Å². The van der Waals surface area contributed by atoms with Crippen LogP contribution in [0.2, 0.25) is 0 Å². The Balaban J connectivity index is 1.34. The second-order valence-electron chi connectivity index (χ2n) is 7.36. The molecule has 1 aliphatic heterocycles. The molecule has 30 heavy (non-hydrogen) atoms. The maximum Gasteiger partial charge on any atom is 0.417 e. The summed E-state index contributed by atoms with van der Waals surface area (Å²) in [6.45, 7) is 1.95. The molecule has 0 radical (unpaired) electrons. The van der Waals surface area contributed by atoms with Crippen molar-refractivity contribution in [1.29, 1.82) is 0 Å². The van der Waals surface area contributed by atoms with Gasteiger partial charge < -0.3 is 10.2 Å². The molecule has 0 spiro atoms. The molecule has 158 valence electrons. The number of carbonyl (C=O) groups excluding carboxylic acids is 2. The molecule has 4 rings (SSSR count). The highest BCUT2D eigenvalue weighted by molar-refractivity contribution is 5.94. The van der Waals surface area contributed by atoms with E-state index in [1.54, 1.807) is 4.90 Å². The van der Waals surface area contributed by atoms with E-state index in [1.165, 1.54) is 17.3 Å². The first-order valence-corrected chi connectivity index (χ1v) is 9.49. The van der Waals surface area contributed by atoms with Crippen molar-refractivity contribution in [3.63, 3.8) is 0 Å². The topological polar surface area (TPSA) is 91.3 Å². The van der Waals surface area contributed by atoms with Crippen molar-refractivity contribution in [2.24, 2.45) is 5.92 Å². The van der Waals surface area contributed by atoms with Gasteiger partial charge in [0.15, 0.2) is 0 Å². The predicted molar refractivity (Wildman–Crippen MR) is 99.5 cm³/mol. The van der Waals surface area contributed by atoms with E-state index in [0.29, 0.717) is 30.8 Å². The molecular formula is C19H19F3N6O2. The third-order valence-electron chi connectivity index (χ3n) is 4.98. The molecule has 2 aromatic rings. The third-order valence-corrected chi connectivity index (χ3v) is 4.98. The van der Waals surface area contributed by atoms with Crippen LogP contribution in [-0.4, -0.2) is 51.4 Å². The first kappa shape index (κ1) is 20.0. The highest BCUT2D eigenvalue weighted by Crippen LogP contribution is 2.31. The minimum atomic E-state index is -4.58. The molecule has 1 saturated heterocycles.